The summed E-state index contributed by atoms with van der Waals surface area (Å²) in [5.74, 6) is 1.81. The highest BCUT2D eigenvalue weighted by Crippen LogP contribution is 2.46. The summed E-state index contributed by atoms with van der Waals surface area (Å²) in [6.07, 6.45) is 10.2. The van der Waals surface area contributed by atoms with E-state index in [1.54, 1.807) is 0 Å². The summed E-state index contributed by atoms with van der Waals surface area (Å²) in [6.45, 7) is 1.76. The molecule has 20 heavy (non-hydrogen) atoms. The van der Waals surface area contributed by atoms with Crippen molar-refractivity contribution >= 4 is 5.91 Å². The van der Waals surface area contributed by atoms with Crippen LogP contribution in [0.25, 0.3) is 0 Å². The molecular formula is C15H22N4O. The zero-order valence-electron chi connectivity index (χ0n) is 11.9. The fraction of sp³-hybridized carbons (Fsp3) is 0.800. The molecule has 2 aliphatic carbocycles. The van der Waals surface area contributed by atoms with E-state index < -0.39 is 0 Å². The minimum atomic E-state index is 0.0148. The maximum absolute atomic E-state index is 12.4. The molecule has 1 aromatic rings. The fourth-order valence-corrected chi connectivity index (χ4v) is 3.86. The average molecular weight is 274 g/mol. The number of rotatable bonds is 2. The number of carbonyl (C=O) groups excluding carboxylic acids is 1. The number of hydrogen-bond acceptors (Lipinski definition) is 3. The fourth-order valence-electron chi connectivity index (χ4n) is 3.86. The van der Waals surface area contributed by atoms with Crippen LogP contribution < -0.4 is 0 Å². The van der Waals surface area contributed by atoms with Crippen molar-refractivity contribution in [3.63, 3.8) is 0 Å². The Hall–Kier alpha value is -1.39. The topological polar surface area (TPSA) is 61.9 Å². The molecule has 2 heterocycles. The SMILES string of the molecule is O=C(c1n[nH]c(C2CC2)n1)N1CCC2(CCCC2)CC1. The second kappa shape index (κ2) is 4.57. The molecule has 1 aromatic heterocycles. The van der Waals surface area contributed by atoms with Gasteiger partial charge < -0.3 is 4.90 Å². The van der Waals surface area contributed by atoms with Gasteiger partial charge in [0.05, 0.1) is 0 Å². The van der Waals surface area contributed by atoms with Gasteiger partial charge in [-0.05, 0) is 43.9 Å². The van der Waals surface area contributed by atoms with Crippen LogP contribution in [-0.2, 0) is 0 Å². The molecule has 0 bridgehead atoms. The van der Waals surface area contributed by atoms with E-state index in [1.165, 1.54) is 51.4 Å². The summed E-state index contributed by atoms with van der Waals surface area (Å²) >= 11 is 0. The highest BCUT2D eigenvalue weighted by atomic mass is 16.2. The lowest BCUT2D eigenvalue weighted by molar-refractivity contribution is 0.0576. The molecule has 1 amide bonds. The molecule has 0 radical (unpaired) electrons. The molecule has 1 N–H and O–H groups in total. The third-order valence-electron chi connectivity index (χ3n) is 5.43. The summed E-state index contributed by atoms with van der Waals surface area (Å²) in [5, 5.41) is 7.04. The van der Waals surface area contributed by atoms with E-state index in [0.29, 0.717) is 17.2 Å². The number of carbonyl (C=O) groups is 1. The number of hydrogen-bond donors (Lipinski definition) is 1. The molecule has 0 aromatic carbocycles. The van der Waals surface area contributed by atoms with Crippen LogP contribution >= 0.6 is 0 Å². The van der Waals surface area contributed by atoms with Crippen LogP contribution in [0, 0.1) is 5.41 Å². The van der Waals surface area contributed by atoms with E-state index in [-0.39, 0.29) is 5.91 Å². The Morgan fingerprint density at radius 2 is 1.85 bits per heavy atom. The molecule has 108 valence electrons. The Kier molecular flexibility index (Phi) is 2.82. The first-order chi connectivity index (χ1) is 9.76. The van der Waals surface area contributed by atoms with Crippen molar-refractivity contribution in [2.45, 2.75) is 57.3 Å². The van der Waals surface area contributed by atoms with Gasteiger partial charge in [0.15, 0.2) is 0 Å². The molecule has 1 spiro atoms. The van der Waals surface area contributed by atoms with Gasteiger partial charge in [0, 0.05) is 19.0 Å². The molecule has 3 fully saturated rings. The van der Waals surface area contributed by atoms with Crippen LogP contribution in [0.2, 0.25) is 0 Å². The zero-order chi connectivity index (χ0) is 13.6. The van der Waals surface area contributed by atoms with E-state index in [1.807, 2.05) is 4.90 Å². The van der Waals surface area contributed by atoms with Gasteiger partial charge >= 0.3 is 0 Å². The quantitative estimate of drug-likeness (QED) is 0.901. The lowest BCUT2D eigenvalue weighted by Gasteiger charge is -2.39. The van der Waals surface area contributed by atoms with Crippen molar-refractivity contribution in [3.8, 4) is 0 Å². The van der Waals surface area contributed by atoms with Crippen LogP contribution in [0.15, 0.2) is 0 Å². The van der Waals surface area contributed by atoms with Crippen molar-refractivity contribution in [2.75, 3.05) is 13.1 Å². The van der Waals surface area contributed by atoms with Gasteiger partial charge in [-0.15, -0.1) is 5.10 Å². The van der Waals surface area contributed by atoms with Crippen LogP contribution in [-0.4, -0.2) is 39.1 Å². The molecule has 1 saturated heterocycles. The van der Waals surface area contributed by atoms with Gasteiger partial charge in [-0.3, -0.25) is 9.89 Å². The number of aromatic amines is 1. The standard InChI is InChI=1S/C15H22N4O/c20-14(13-16-12(17-18-13)11-3-4-11)19-9-7-15(8-10-19)5-1-2-6-15/h11H,1-10H2,(H,16,17,18). The smallest absolute Gasteiger partial charge is 0.293 e. The lowest BCUT2D eigenvalue weighted by Crippen LogP contribution is -2.42. The molecule has 5 heteroatoms. The van der Waals surface area contributed by atoms with Crippen LogP contribution in [0.5, 0.6) is 0 Å². The number of likely N-dealkylation sites (tertiary alicyclic amines) is 1. The van der Waals surface area contributed by atoms with Gasteiger partial charge in [-0.2, -0.15) is 0 Å². The predicted molar refractivity (Wildman–Crippen MR) is 74.4 cm³/mol. The Morgan fingerprint density at radius 1 is 1.15 bits per heavy atom. The largest absolute Gasteiger partial charge is 0.336 e. The van der Waals surface area contributed by atoms with Crippen molar-refractivity contribution < 1.29 is 4.79 Å². The van der Waals surface area contributed by atoms with Gasteiger partial charge in [-0.1, -0.05) is 12.8 Å². The Bertz CT molecular complexity index is 504. The molecule has 4 rings (SSSR count). The summed E-state index contributed by atoms with van der Waals surface area (Å²) in [7, 11) is 0. The third-order valence-corrected chi connectivity index (χ3v) is 5.43. The molecule has 5 nitrogen and oxygen atoms in total. The maximum atomic E-state index is 12.4. The molecule has 0 unspecified atom stereocenters. The van der Waals surface area contributed by atoms with Crippen LogP contribution in [0.3, 0.4) is 0 Å². The van der Waals surface area contributed by atoms with E-state index in [2.05, 4.69) is 15.2 Å². The number of H-pyrrole nitrogens is 1. The van der Waals surface area contributed by atoms with Gasteiger partial charge in [-0.25, -0.2) is 4.98 Å². The molecule has 1 aliphatic heterocycles. The van der Waals surface area contributed by atoms with Crippen molar-refractivity contribution in [3.05, 3.63) is 11.6 Å². The highest BCUT2D eigenvalue weighted by molar-refractivity contribution is 5.90. The first kappa shape index (κ1) is 12.4. The first-order valence-electron chi connectivity index (χ1n) is 7.97. The lowest BCUT2D eigenvalue weighted by atomic mass is 9.77. The monoisotopic (exact) mass is 274 g/mol. The second-order valence-corrected chi connectivity index (χ2v) is 6.82. The molecule has 2 saturated carbocycles. The van der Waals surface area contributed by atoms with Crippen molar-refractivity contribution in [1.29, 1.82) is 0 Å². The number of amides is 1. The zero-order valence-corrected chi connectivity index (χ0v) is 11.9. The van der Waals surface area contributed by atoms with Crippen LogP contribution in [0.4, 0.5) is 0 Å². The molecule has 3 aliphatic rings. The summed E-state index contributed by atoms with van der Waals surface area (Å²) < 4.78 is 0. The van der Waals surface area contributed by atoms with Gasteiger partial charge in [0.2, 0.25) is 5.82 Å². The van der Waals surface area contributed by atoms with Gasteiger partial charge in [0.1, 0.15) is 5.82 Å². The normalized spacial score (nSPS) is 25.3. The summed E-state index contributed by atoms with van der Waals surface area (Å²) in [4.78, 5) is 18.8. The second-order valence-electron chi connectivity index (χ2n) is 6.82. The van der Waals surface area contributed by atoms with Crippen LogP contribution in [0.1, 0.15) is 73.7 Å². The van der Waals surface area contributed by atoms with E-state index in [0.717, 1.165) is 18.9 Å². The predicted octanol–water partition coefficient (Wildman–Crippen LogP) is 2.48. The van der Waals surface area contributed by atoms with Crippen molar-refractivity contribution in [1.82, 2.24) is 20.1 Å². The molecule has 0 atom stereocenters. The van der Waals surface area contributed by atoms with E-state index >= 15 is 0 Å². The first-order valence-corrected chi connectivity index (χ1v) is 7.97. The van der Waals surface area contributed by atoms with Gasteiger partial charge in [0.25, 0.3) is 5.91 Å². The van der Waals surface area contributed by atoms with E-state index in [4.69, 9.17) is 0 Å². The summed E-state index contributed by atoms with van der Waals surface area (Å²) in [5.41, 5.74) is 0.551. The minimum Gasteiger partial charge on any atom is -0.336 e. The Morgan fingerprint density at radius 3 is 2.50 bits per heavy atom. The number of aromatic nitrogens is 3. The summed E-state index contributed by atoms with van der Waals surface area (Å²) in [6, 6.07) is 0. The number of nitrogens with one attached hydrogen (secondary N) is 1. The average Bonchev–Trinajstić information content (AvgIpc) is 3.04. The molecular weight excluding hydrogens is 252 g/mol. The Balaban J connectivity index is 1.41. The van der Waals surface area contributed by atoms with E-state index in [9.17, 15) is 4.79 Å². The number of nitrogens with zero attached hydrogens (tertiary/aromatic N) is 3. The maximum Gasteiger partial charge on any atom is 0.293 e. The third kappa shape index (κ3) is 2.13. The number of piperidine rings is 1. The Labute approximate surface area is 119 Å². The van der Waals surface area contributed by atoms with Crippen molar-refractivity contribution in [2.24, 2.45) is 5.41 Å². The highest BCUT2D eigenvalue weighted by Gasteiger charge is 2.38. The minimum absolute atomic E-state index is 0.0148.